The summed E-state index contributed by atoms with van der Waals surface area (Å²) in [6.45, 7) is 4.45. The van der Waals surface area contributed by atoms with Gasteiger partial charge < -0.3 is 4.74 Å². The van der Waals surface area contributed by atoms with Crippen LogP contribution in [0.2, 0.25) is 0 Å². The average molecular weight is 258 g/mol. The Labute approximate surface area is 112 Å². The fourth-order valence-electron chi connectivity index (χ4n) is 1.94. The smallest absolute Gasteiger partial charge is 0.125 e. The molecule has 2 rings (SSSR count). The number of nitrogens with two attached hydrogens (primary N) is 1. The van der Waals surface area contributed by atoms with Crippen molar-refractivity contribution >= 4 is 0 Å². The van der Waals surface area contributed by atoms with Crippen LogP contribution in [0.1, 0.15) is 30.0 Å². The maximum atomic E-state index is 5.66. The quantitative estimate of drug-likeness (QED) is 0.631. The van der Waals surface area contributed by atoms with Crippen molar-refractivity contribution in [3.05, 3.63) is 53.6 Å². The molecule has 3 N–H and O–H groups in total. The summed E-state index contributed by atoms with van der Waals surface area (Å²) in [7, 11) is 0. The molecule has 0 saturated carbocycles. The Kier molecular flexibility index (Phi) is 4.43. The maximum absolute atomic E-state index is 5.66. The van der Waals surface area contributed by atoms with Crippen LogP contribution in [0.15, 0.2) is 36.5 Å². The summed E-state index contributed by atoms with van der Waals surface area (Å²) in [4.78, 5) is 8.49. The van der Waals surface area contributed by atoms with E-state index in [9.17, 15) is 0 Å². The summed E-state index contributed by atoms with van der Waals surface area (Å²) in [6, 6.07) is 9.49. The second kappa shape index (κ2) is 6.26. The van der Waals surface area contributed by atoms with Gasteiger partial charge in [0, 0.05) is 6.20 Å². The largest absolute Gasteiger partial charge is 0.494 e. The summed E-state index contributed by atoms with van der Waals surface area (Å²) < 4.78 is 5.50. The highest BCUT2D eigenvalue weighted by molar-refractivity contribution is 5.34. The Morgan fingerprint density at radius 3 is 2.89 bits per heavy atom. The molecule has 5 heteroatoms. The van der Waals surface area contributed by atoms with Gasteiger partial charge in [-0.15, -0.1) is 0 Å². The number of benzene rings is 1. The van der Waals surface area contributed by atoms with Crippen molar-refractivity contribution in [2.75, 3.05) is 6.61 Å². The molecule has 1 aromatic heterocycles. The number of aryl methyl sites for hydroxylation is 1. The van der Waals surface area contributed by atoms with Gasteiger partial charge in [-0.05, 0) is 37.6 Å². The number of nitrogens with zero attached hydrogens (tertiary/aromatic N) is 2. The molecule has 0 saturated heterocycles. The van der Waals surface area contributed by atoms with Gasteiger partial charge in [0.15, 0.2) is 0 Å². The monoisotopic (exact) mass is 258 g/mol. The van der Waals surface area contributed by atoms with Crippen molar-refractivity contribution in [1.29, 1.82) is 0 Å². The Morgan fingerprint density at radius 2 is 2.21 bits per heavy atom. The third kappa shape index (κ3) is 3.27. The molecule has 0 aliphatic carbocycles. The highest BCUT2D eigenvalue weighted by Gasteiger charge is 2.14. The van der Waals surface area contributed by atoms with Crippen LogP contribution in [0.25, 0.3) is 0 Å². The zero-order chi connectivity index (χ0) is 13.7. The van der Waals surface area contributed by atoms with Crippen molar-refractivity contribution in [2.24, 2.45) is 5.84 Å². The Hall–Kier alpha value is -1.98. The van der Waals surface area contributed by atoms with Gasteiger partial charge in [0.25, 0.3) is 0 Å². The molecule has 19 heavy (non-hydrogen) atoms. The second-order valence-corrected chi connectivity index (χ2v) is 4.13. The predicted molar refractivity (Wildman–Crippen MR) is 73.5 cm³/mol. The predicted octanol–water partition coefficient (Wildman–Crippen LogP) is 1.74. The van der Waals surface area contributed by atoms with E-state index in [1.165, 1.54) is 0 Å². The van der Waals surface area contributed by atoms with Crippen LogP contribution in [-0.4, -0.2) is 16.6 Å². The second-order valence-electron chi connectivity index (χ2n) is 4.13. The molecule has 1 unspecified atom stereocenters. The first kappa shape index (κ1) is 13.5. The van der Waals surface area contributed by atoms with Gasteiger partial charge in [0.2, 0.25) is 0 Å². The fourth-order valence-corrected chi connectivity index (χ4v) is 1.94. The number of hydrazine groups is 1. The number of nitrogens with one attached hydrogen (secondary N) is 1. The highest BCUT2D eigenvalue weighted by atomic mass is 16.5. The van der Waals surface area contributed by atoms with E-state index in [0.717, 1.165) is 22.8 Å². The van der Waals surface area contributed by atoms with Gasteiger partial charge in [-0.3, -0.25) is 5.84 Å². The van der Waals surface area contributed by atoms with E-state index in [1.54, 1.807) is 6.20 Å². The zero-order valence-electron chi connectivity index (χ0n) is 11.1. The average Bonchev–Trinajstić information content (AvgIpc) is 2.41. The summed E-state index contributed by atoms with van der Waals surface area (Å²) in [5, 5.41) is 0. The lowest BCUT2D eigenvalue weighted by Crippen LogP contribution is -2.29. The van der Waals surface area contributed by atoms with Crippen LogP contribution in [-0.2, 0) is 0 Å². The standard InChI is InChI=1S/C14H18N4O/c1-3-19-12-6-4-5-11(9-12)14(18-15)13-7-8-16-10(2)17-13/h4-9,14,18H,3,15H2,1-2H3. The molecule has 1 aromatic carbocycles. The van der Waals surface area contributed by atoms with E-state index in [-0.39, 0.29) is 6.04 Å². The molecule has 1 heterocycles. The van der Waals surface area contributed by atoms with Gasteiger partial charge >= 0.3 is 0 Å². The van der Waals surface area contributed by atoms with E-state index in [4.69, 9.17) is 10.6 Å². The number of hydrogen-bond donors (Lipinski definition) is 2. The van der Waals surface area contributed by atoms with E-state index < -0.39 is 0 Å². The maximum Gasteiger partial charge on any atom is 0.125 e. The van der Waals surface area contributed by atoms with Crippen molar-refractivity contribution in [3.8, 4) is 5.75 Å². The molecule has 0 spiro atoms. The van der Waals surface area contributed by atoms with E-state index in [2.05, 4.69) is 15.4 Å². The van der Waals surface area contributed by atoms with Gasteiger partial charge in [-0.25, -0.2) is 15.4 Å². The van der Waals surface area contributed by atoms with Gasteiger partial charge in [0.1, 0.15) is 11.6 Å². The van der Waals surface area contributed by atoms with Gasteiger partial charge in [-0.1, -0.05) is 12.1 Å². The molecular weight excluding hydrogens is 240 g/mol. The molecule has 0 aliphatic heterocycles. The minimum absolute atomic E-state index is 0.179. The summed E-state index contributed by atoms with van der Waals surface area (Å²) in [6.07, 6.45) is 1.73. The fraction of sp³-hybridized carbons (Fsp3) is 0.286. The number of rotatable bonds is 5. The number of hydrogen-bond acceptors (Lipinski definition) is 5. The summed E-state index contributed by atoms with van der Waals surface area (Å²) in [5.74, 6) is 7.21. The van der Waals surface area contributed by atoms with Crippen LogP contribution >= 0.6 is 0 Å². The topological polar surface area (TPSA) is 73.1 Å². The third-order valence-corrected chi connectivity index (χ3v) is 2.76. The molecule has 0 aliphatic rings. The van der Waals surface area contributed by atoms with Crippen LogP contribution in [0.5, 0.6) is 5.75 Å². The van der Waals surface area contributed by atoms with Crippen LogP contribution in [0.4, 0.5) is 0 Å². The molecule has 2 aromatic rings. The first-order chi connectivity index (χ1) is 9.24. The van der Waals surface area contributed by atoms with Crippen LogP contribution in [0.3, 0.4) is 0 Å². The van der Waals surface area contributed by atoms with Crippen molar-refractivity contribution in [1.82, 2.24) is 15.4 Å². The Bertz CT molecular complexity index is 544. The van der Waals surface area contributed by atoms with Gasteiger partial charge in [0.05, 0.1) is 18.3 Å². The van der Waals surface area contributed by atoms with Crippen molar-refractivity contribution < 1.29 is 4.74 Å². The Balaban J connectivity index is 2.33. The molecule has 0 amide bonds. The third-order valence-electron chi connectivity index (χ3n) is 2.76. The Morgan fingerprint density at radius 1 is 1.37 bits per heavy atom. The minimum Gasteiger partial charge on any atom is -0.494 e. The molecule has 0 fully saturated rings. The highest BCUT2D eigenvalue weighted by Crippen LogP contribution is 2.23. The number of ether oxygens (including phenoxy) is 1. The summed E-state index contributed by atoms with van der Waals surface area (Å²) in [5.41, 5.74) is 4.63. The van der Waals surface area contributed by atoms with E-state index in [1.807, 2.05) is 44.2 Å². The lowest BCUT2D eigenvalue weighted by Gasteiger charge is -2.17. The normalized spacial score (nSPS) is 12.2. The minimum atomic E-state index is -0.179. The molecule has 1 atom stereocenters. The molecular formula is C14H18N4O. The first-order valence-corrected chi connectivity index (χ1v) is 6.23. The van der Waals surface area contributed by atoms with Crippen LogP contribution in [0, 0.1) is 6.92 Å². The van der Waals surface area contributed by atoms with E-state index >= 15 is 0 Å². The van der Waals surface area contributed by atoms with Gasteiger partial charge in [-0.2, -0.15) is 0 Å². The lowest BCUT2D eigenvalue weighted by atomic mass is 10.0. The molecule has 100 valence electrons. The SMILES string of the molecule is CCOc1cccc(C(NN)c2ccnc(C)n2)c1. The first-order valence-electron chi connectivity index (χ1n) is 6.23. The van der Waals surface area contributed by atoms with Crippen molar-refractivity contribution in [2.45, 2.75) is 19.9 Å². The lowest BCUT2D eigenvalue weighted by molar-refractivity contribution is 0.339. The summed E-state index contributed by atoms with van der Waals surface area (Å²) >= 11 is 0. The van der Waals surface area contributed by atoms with E-state index in [0.29, 0.717) is 6.61 Å². The molecule has 0 radical (unpaired) electrons. The van der Waals surface area contributed by atoms with Crippen molar-refractivity contribution in [3.63, 3.8) is 0 Å². The zero-order valence-corrected chi connectivity index (χ0v) is 11.1. The number of aromatic nitrogens is 2. The van der Waals surface area contributed by atoms with Crippen LogP contribution < -0.4 is 16.0 Å². The molecule has 0 bridgehead atoms. The molecule has 5 nitrogen and oxygen atoms in total.